The van der Waals surface area contributed by atoms with Crippen LogP contribution in [-0.2, 0) is 20.7 Å². The minimum atomic E-state index is -0.415. The third-order valence-corrected chi connectivity index (χ3v) is 2.94. The lowest BCUT2D eigenvalue weighted by Gasteiger charge is -2.07. The van der Waals surface area contributed by atoms with Crippen LogP contribution in [0.2, 0.25) is 0 Å². The van der Waals surface area contributed by atoms with Crippen molar-refractivity contribution in [1.82, 2.24) is 0 Å². The Balaban J connectivity index is 2.07. The molecule has 116 valence electrons. The number of rotatable bonds is 6. The summed E-state index contributed by atoms with van der Waals surface area (Å²) in [5, 5.41) is 11.8. The molecule has 1 aromatic rings. The first kappa shape index (κ1) is 15.6. The summed E-state index contributed by atoms with van der Waals surface area (Å²) in [6.45, 7) is 2.25. The lowest BCUT2D eigenvalue weighted by atomic mass is 10.2. The Morgan fingerprint density at radius 2 is 2.41 bits per heavy atom. The number of esters is 1. The van der Waals surface area contributed by atoms with Crippen molar-refractivity contribution in [3.63, 3.8) is 0 Å². The molecule has 1 heterocycles. The minimum Gasteiger partial charge on any atom is -0.489 e. The largest absolute Gasteiger partial charge is 0.489 e. The van der Waals surface area contributed by atoms with E-state index in [4.69, 9.17) is 19.1 Å². The highest BCUT2D eigenvalue weighted by Crippen LogP contribution is 2.24. The summed E-state index contributed by atoms with van der Waals surface area (Å²) in [6.07, 6.45) is 10.0. The fraction of sp³-hybridized carbons (Fsp3) is 0.250. The van der Waals surface area contributed by atoms with Crippen LogP contribution in [0.1, 0.15) is 18.2 Å². The van der Waals surface area contributed by atoms with Gasteiger partial charge in [0.1, 0.15) is 18.1 Å². The van der Waals surface area contributed by atoms with Crippen molar-refractivity contribution in [1.29, 1.82) is 0 Å². The highest BCUT2D eigenvalue weighted by atomic mass is 16.5. The van der Waals surface area contributed by atoms with Crippen molar-refractivity contribution in [3.05, 3.63) is 53.2 Å². The molecule has 0 unspecified atom stereocenters. The number of ether oxygens (including phenoxy) is 2. The van der Waals surface area contributed by atoms with Crippen LogP contribution in [-0.4, -0.2) is 30.6 Å². The van der Waals surface area contributed by atoms with Gasteiger partial charge >= 0.3 is 5.97 Å². The van der Waals surface area contributed by atoms with E-state index in [1.54, 1.807) is 25.3 Å². The van der Waals surface area contributed by atoms with Crippen molar-refractivity contribution in [2.24, 2.45) is 5.16 Å². The monoisotopic (exact) mass is 303 g/mol. The molecule has 0 spiro atoms. The van der Waals surface area contributed by atoms with E-state index < -0.39 is 5.97 Å². The van der Waals surface area contributed by atoms with Crippen molar-refractivity contribution >= 4 is 18.3 Å². The van der Waals surface area contributed by atoms with Gasteiger partial charge in [0.15, 0.2) is 0 Å². The standard InChI is InChI=1S/C16H17NO5/c1-2-20-16(18)4-3-8-21-15-10-14-12(7-9-22-14)5-6-13(15)11-17-19/h3-4,6-7,9-11,19H,2,5,8H2,1H3/b4-3+,17-11+. The molecule has 0 amide bonds. The Kier molecular flexibility index (Phi) is 5.59. The number of carbonyl (C=O) groups is 1. The van der Waals surface area contributed by atoms with Gasteiger partial charge in [0.05, 0.1) is 19.1 Å². The van der Waals surface area contributed by atoms with Gasteiger partial charge < -0.3 is 19.1 Å². The molecule has 6 nitrogen and oxygen atoms in total. The topological polar surface area (TPSA) is 81.3 Å². The molecule has 1 aliphatic rings. The highest BCUT2D eigenvalue weighted by molar-refractivity contribution is 5.86. The van der Waals surface area contributed by atoms with Crippen molar-refractivity contribution < 1.29 is 23.9 Å². The molecule has 0 aromatic carbocycles. The number of nitrogens with zero attached hydrogens (tertiary/aromatic N) is 1. The zero-order valence-corrected chi connectivity index (χ0v) is 12.2. The molecule has 2 rings (SSSR count). The van der Waals surface area contributed by atoms with E-state index >= 15 is 0 Å². The van der Waals surface area contributed by atoms with Gasteiger partial charge in [-0.25, -0.2) is 4.79 Å². The summed E-state index contributed by atoms with van der Waals surface area (Å²) >= 11 is 0. The maximum Gasteiger partial charge on any atom is 0.330 e. The second-order valence-corrected chi connectivity index (χ2v) is 4.39. The van der Waals surface area contributed by atoms with Crippen LogP contribution in [0.15, 0.2) is 51.5 Å². The number of carbonyl (C=O) groups excluding carboxylic acids is 1. The van der Waals surface area contributed by atoms with E-state index in [1.807, 2.05) is 12.1 Å². The lowest BCUT2D eigenvalue weighted by Crippen LogP contribution is -2.01. The van der Waals surface area contributed by atoms with Crippen LogP contribution >= 0.6 is 0 Å². The van der Waals surface area contributed by atoms with E-state index in [2.05, 4.69) is 5.16 Å². The second kappa shape index (κ2) is 7.87. The number of hydrogen-bond acceptors (Lipinski definition) is 6. The first-order valence-electron chi connectivity index (χ1n) is 6.86. The third-order valence-electron chi connectivity index (χ3n) is 2.94. The molecule has 0 radical (unpaired) electrons. The van der Waals surface area contributed by atoms with Crippen molar-refractivity contribution in [3.8, 4) is 0 Å². The van der Waals surface area contributed by atoms with Crippen LogP contribution in [0.5, 0.6) is 0 Å². The van der Waals surface area contributed by atoms with Crippen LogP contribution in [0, 0.1) is 0 Å². The molecule has 0 fully saturated rings. The molecular formula is C16H17NO5. The summed E-state index contributed by atoms with van der Waals surface area (Å²) in [6, 6.07) is 1.87. The number of allylic oxidation sites excluding steroid dienone is 2. The summed E-state index contributed by atoms with van der Waals surface area (Å²) in [4.78, 5) is 11.2. The fourth-order valence-corrected chi connectivity index (χ4v) is 1.94. The summed E-state index contributed by atoms with van der Waals surface area (Å²) in [5.74, 6) is 0.781. The molecular weight excluding hydrogens is 286 g/mol. The number of furan rings is 1. The predicted octanol–water partition coefficient (Wildman–Crippen LogP) is 2.70. The smallest absolute Gasteiger partial charge is 0.330 e. The van der Waals surface area contributed by atoms with E-state index in [9.17, 15) is 4.79 Å². The Hall–Kier alpha value is -2.76. The predicted molar refractivity (Wildman–Crippen MR) is 80.5 cm³/mol. The number of oxime groups is 1. The van der Waals surface area contributed by atoms with Gasteiger partial charge in [-0.05, 0) is 25.5 Å². The second-order valence-electron chi connectivity index (χ2n) is 4.39. The Morgan fingerprint density at radius 1 is 1.55 bits per heavy atom. The van der Waals surface area contributed by atoms with E-state index in [0.717, 1.165) is 5.56 Å². The van der Waals surface area contributed by atoms with Gasteiger partial charge in [-0.1, -0.05) is 11.2 Å². The maximum atomic E-state index is 11.2. The molecule has 1 N–H and O–H groups in total. The molecule has 1 aromatic heterocycles. The summed E-state index contributed by atoms with van der Waals surface area (Å²) < 4.78 is 15.8. The summed E-state index contributed by atoms with van der Waals surface area (Å²) in [7, 11) is 0. The maximum absolute atomic E-state index is 11.2. The van der Waals surface area contributed by atoms with Crippen LogP contribution in [0.3, 0.4) is 0 Å². The average molecular weight is 303 g/mol. The molecule has 6 heteroatoms. The van der Waals surface area contributed by atoms with Crippen LogP contribution < -0.4 is 0 Å². The number of hydrogen-bond donors (Lipinski definition) is 1. The zero-order chi connectivity index (χ0) is 15.8. The SMILES string of the molecule is CCOC(=O)/C=C/COC1=Cc2occc2CC=C1/C=N/O. The van der Waals surface area contributed by atoms with Gasteiger partial charge in [0, 0.05) is 23.3 Å². The van der Waals surface area contributed by atoms with E-state index in [-0.39, 0.29) is 6.61 Å². The Bertz CT molecular complexity index is 637. The lowest BCUT2D eigenvalue weighted by molar-refractivity contribution is -0.137. The first-order chi connectivity index (χ1) is 10.7. The minimum absolute atomic E-state index is 0.178. The first-order valence-corrected chi connectivity index (χ1v) is 6.86. The highest BCUT2D eigenvalue weighted by Gasteiger charge is 2.13. The molecule has 0 saturated heterocycles. The normalized spacial score (nSPS) is 14.4. The Labute approximate surface area is 128 Å². The van der Waals surface area contributed by atoms with E-state index in [0.29, 0.717) is 30.1 Å². The van der Waals surface area contributed by atoms with Crippen LogP contribution in [0.4, 0.5) is 0 Å². The number of fused-ring (bicyclic) bond motifs is 1. The molecule has 1 aliphatic carbocycles. The van der Waals surface area contributed by atoms with Gasteiger partial charge in [-0.15, -0.1) is 0 Å². The van der Waals surface area contributed by atoms with Crippen LogP contribution in [0.25, 0.3) is 6.08 Å². The summed E-state index contributed by atoms with van der Waals surface area (Å²) in [5.41, 5.74) is 1.66. The molecule has 0 saturated carbocycles. The van der Waals surface area contributed by atoms with E-state index in [1.165, 1.54) is 12.3 Å². The average Bonchev–Trinajstić information content (AvgIpc) is 2.88. The van der Waals surface area contributed by atoms with Gasteiger partial charge in [0.25, 0.3) is 0 Å². The molecule has 0 aliphatic heterocycles. The zero-order valence-electron chi connectivity index (χ0n) is 12.2. The quantitative estimate of drug-likeness (QED) is 0.287. The van der Waals surface area contributed by atoms with Crippen molar-refractivity contribution in [2.45, 2.75) is 13.3 Å². The third kappa shape index (κ3) is 4.12. The van der Waals surface area contributed by atoms with Gasteiger partial charge in [0.2, 0.25) is 0 Å². The Morgan fingerprint density at radius 3 is 3.18 bits per heavy atom. The molecule has 0 bridgehead atoms. The van der Waals surface area contributed by atoms with Crippen molar-refractivity contribution in [2.75, 3.05) is 13.2 Å². The van der Waals surface area contributed by atoms with Gasteiger partial charge in [-0.3, -0.25) is 0 Å². The molecule has 0 atom stereocenters. The molecule has 22 heavy (non-hydrogen) atoms. The van der Waals surface area contributed by atoms with Gasteiger partial charge in [-0.2, -0.15) is 0 Å². The fourth-order valence-electron chi connectivity index (χ4n) is 1.94.